The Balaban J connectivity index is 1.85. The van der Waals surface area contributed by atoms with Gasteiger partial charge in [-0.05, 0) is 31.0 Å². The van der Waals surface area contributed by atoms with Crippen LogP contribution in [0.15, 0.2) is 29.3 Å². The van der Waals surface area contributed by atoms with Gasteiger partial charge in [0.2, 0.25) is 0 Å². The van der Waals surface area contributed by atoms with Gasteiger partial charge in [0.15, 0.2) is 0 Å². The lowest BCUT2D eigenvalue weighted by Gasteiger charge is -2.16. The lowest BCUT2D eigenvalue weighted by Crippen LogP contribution is -2.28. The number of non-ortho nitro benzene ring substituents is 1. The fraction of sp³-hybridized carbons (Fsp3) is 0.429. The molecule has 8 nitrogen and oxygen atoms in total. The van der Waals surface area contributed by atoms with Crippen molar-refractivity contribution in [2.75, 3.05) is 13.1 Å². The lowest BCUT2D eigenvalue weighted by molar-refractivity contribution is -0.384. The Bertz CT molecular complexity index is 585. The highest BCUT2D eigenvalue weighted by molar-refractivity contribution is 5.90. The van der Waals surface area contributed by atoms with Crippen LogP contribution in [0.3, 0.4) is 0 Å². The number of nitro benzene ring substituents is 1. The fourth-order valence-electron chi connectivity index (χ4n) is 2.13. The Morgan fingerprint density at radius 3 is 2.73 bits per heavy atom. The monoisotopic (exact) mass is 307 g/mol. The summed E-state index contributed by atoms with van der Waals surface area (Å²) in [7, 11) is 0. The topological polar surface area (TPSA) is 105 Å². The SMILES string of the molecule is CC(=NC(=O)OCc1ccc([N+](=O)[O-])cc1)N1CC[C@H](O)C1. The molecule has 22 heavy (non-hydrogen) atoms. The average Bonchev–Trinajstić information content (AvgIpc) is 2.92. The van der Waals surface area contributed by atoms with Gasteiger partial charge in [-0.15, -0.1) is 0 Å². The smallest absolute Gasteiger partial charge is 0.435 e. The second-order valence-electron chi connectivity index (χ2n) is 5.03. The van der Waals surface area contributed by atoms with Crippen LogP contribution < -0.4 is 0 Å². The van der Waals surface area contributed by atoms with Crippen molar-refractivity contribution in [3.05, 3.63) is 39.9 Å². The number of β-amino-alcohol motifs (C(OH)–C–C–N with tert-alkyl or cyclic N) is 1. The van der Waals surface area contributed by atoms with E-state index >= 15 is 0 Å². The van der Waals surface area contributed by atoms with Crippen LogP contribution in [0, 0.1) is 10.1 Å². The van der Waals surface area contributed by atoms with Crippen LogP contribution >= 0.6 is 0 Å². The molecule has 1 N–H and O–H groups in total. The molecule has 0 spiro atoms. The molecule has 1 amide bonds. The van der Waals surface area contributed by atoms with Crippen molar-refractivity contribution in [1.29, 1.82) is 0 Å². The third kappa shape index (κ3) is 4.26. The number of amides is 1. The quantitative estimate of drug-likeness (QED) is 0.394. The highest BCUT2D eigenvalue weighted by Crippen LogP contribution is 2.13. The molecular weight excluding hydrogens is 290 g/mol. The molecule has 0 aromatic heterocycles. The molecule has 1 heterocycles. The molecule has 2 rings (SSSR count). The number of rotatable bonds is 3. The normalized spacial score (nSPS) is 18.4. The summed E-state index contributed by atoms with van der Waals surface area (Å²) in [5.41, 5.74) is 0.625. The van der Waals surface area contributed by atoms with Crippen molar-refractivity contribution in [3.63, 3.8) is 0 Å². The zero-order valence-corrected chi connectivity index (χ0v) is 12.1. The maximum atomic E-state index is 11.6. The molecule has 8 heteroatoms. The number of nitrogens with zero attached hydrogens (tertiary/aromatic N) is 3. The number of hydrogen-bond acceptors (Lipinski definition) is 5. The maximum absolute atomic E-state index is 11.6. The lowest BCUT2D eigenvalue weighted by atomic mass is 10.2. The van der Waals surface area contributed by atoms with E-state index in [1.807, 2.05) is 4.90 Å². The Kier molecular flexibility index (Phi) is 5.05. The van der Waals surface area contributed by atoms with E-state index in [1.54, 1.807) is 6.92 Å². The molecule has 0 saturated carbocycles. The summed E-state index contributed by atoms with van der Waals surface area (Å²) in [6.07, 6.45) is -0.455. The van der Waals surface area contributed by atoms with E-state index in [0.29, 0.717) is 30.9 Å². The first kappa shape index (κ1) is 15.9. The third-order valence-corrected chi connectivity index (χ3v) is 3.38. The fourth-order valence-corrected chi connectivity index (χ4v) is 2.13. The molecule has 1 aromatic carbocycles. The molecule has 0 radical (unpaired) electrons. The van der Waals surface area contributed by atoms with E-state index in [9.17, 15) is 20.0 Å². The van der Waals surface area contributed by atoms with Crippen molar-refractivity contribution >= 4 is 17.6 Å². The van der Waals surface area contributed by atoms with Gasteiger partial charge < -0.3 is 14.7 Å². The van der Waals surface area contributed by atoms with Gasteiger partial charge in [0, 0.05) is 25.2 Å². The first-order chi connectivity index (χ1) is 10.5. The number of carbonyl (C=O) groups excluding carboxylic acids is 1. The Hall–Kier alpha value is -2.48. The second kappa shape index (κ2) is 6.99. The molecular formula is C14H17N3O5. The zero-order chi connectivity index (χ0) is 16.1. The molecule has 1 aromatic rings. The van der Waals surface area contributed by atoms with Crippen LogP contribution in [0.1, 0.15) is 18.9 Å². The van der Waals surface area contributed by atoms with Gasteiger partial charge in [-0.1, -0.05) is 0 Å². The molecule has 0 bridgehead atoms. The number of amidine groups is 1. The predicted molar refractivity (Wildman–Crippen MR) is 78.6 cm³/mol. The van der Waals surface area contributed by atoms with Crippen molar-refractivity contribution in [2.24, 2.45) is 4.99 Å². The van der Waals surface area contributed by atoms with Crippen LogP contribution in [-0.4, -0.2) is 46.1 Å². The van der Waals surface area contributed by atoms with Crippen LogP contribution in [0.5, 0.6) is 0 Å². The second-order valence-corrected chi connectivity index (χ2v) is 5.03. The standard InChI is InChI=1S/C14H17N3O5/c1-10(16-7-6-13(18)8-16)15-14(19)22-9-11-2-4-12(5-3-11)17(20)21/h2-5,13,18H,6-9H2,1H3/t13-/m0/s1. The summed E-state index contributed by atoms with van der Waals surface area (Å²) < 4.78 is 5.00. The molecule has 0 unspecified atom stereocenters. The molecule has 1 saturated heterocycles. The minimum Gasteiger partial charge on any atom is -0.443 e. The van der Waals surface area contributed by atoms with Gasteiger partial charge in [-0.3, -0.25) is 10.1 Å². The van der Waals surface area contributed by atoms with E-state index < -0.39 is 11.0 Å². The van der Waals surface area contributed by atoms with Crippen molar-refractivity contribution in [2.45, 2.75) is 26.1 Å². The minimum absolute atomic E-state index is 0.00374. The van der Waals surface area contributed by atoms with Gasteiger partial charge in [-0.2, -0.15) is 4.99 Å². The largest absolute Gasteiger partial charge is 0.443 e. The highest BCUT2D eigenvalue weighted by atomic mass is 16.6. The first-order valence-electron chi connectivity index (χ1n) is 6.84. The van der Waals surface area contributed by atoms with Crippen molar-refractivity contribution < 1.29 is 19.6 Å². The summed E-state index contributed by atoms with van der Waals surface area (Å²) in [5, 5.41) is 20.0. The van der Waals surface area contributed by atoms with E-state index in [2.05, 4.69) is 4.99 Å². The van der Waals surface area contributed by atoms with Crippen LogP contribution in [-0.2, 0) is 11.3 Å². The van der Waals surface area contributed by atoms with Crippen molar-refractivity contribution in [3.8, 4) is 0 Å². The number of carbonyl (C=O) groups is 1. The van der Waals surface area contributed by atoms with Gasteiger partial charge >= 0.3 is 6.09 Å². The average molecular weight is 307 g/mol. The number of aliphatic imine (C=N–C) groups is 1. The Morgan fingerprint density at radius 1 is 1.50 bits per heavy atom. The van der Waals surface area contributed by atoms with E-state index in [1.165, 1.54) is 24.3 Å². The maximum Gasteiger partial charge on any atom is 0.435 e. The summed E-state index contributed by atoms with van der Waals surface area (Å²) in [6.45, 7) is 2.80. The van der Waals surface area contributed by atoms with Gasteiger partial charge in [0.25, 0.3) is 5.69 Å². The molecule has 1 atom stereocenters. The van der Waals surface area contributed by atoms with Gasteiger partial charge in [0.05, 0.1) is 11.0 Å². The van der Waals surface area contributed by atoms with Crippen molar-refractivity contribution in [1.82, 2.24) is 4.90 Å². The molecule has 118 valence electrons. The predicted octanol–water partition coefficient (Wildman–Crippen LogP) is 1.72. The number of nitro groups is 1. The minimum atomic E-state index is -0.725. The molecule has 0 aliphatic carbocycles. The summed E-state index contributed by atoms with van der Waals surface area (Å²) in [5.74, 6) is 0.505. The Labute approximate surface area is 127 Å². The van der Waals surface area contributed by atoms with Gasteiger partial charge in [0.1, 0.15) is 12.4 Å². The molecule has 1 aliphatic rings. The summed E-state index contributed by atoms with van der Waals surface area (Å²) in [6, 6.07) is 5.75. The highest BCUT2D eigenvalue weighted by Gasteiger charge is 2.21. The summed E-state index contributed by atoms with van der Waals surface area (Å²) in [4.78, 5) is 27.3. The molecule has 1 fully saturated rings. The Morgan fingerprint density at radius 2 is 2.18 bits per heavy atom. The number of ether oxygens (including phenoxy) is 1. The summed E-state index contributed by atoms with van der Waals surface area (Å²) >= 11 is 0. The van der Waals surface area contributed by atoms with Gasteiger partial charge in [-0.25, -0.2) is 4.79 Å². The molecule has 1 aliphatic heterocycles. The zero-order valence-electron chi connectivity index (χ0n) is 12.1. The van der Waals surface area contributed by atoms with E-state index in [4.69, 9.17) is 4.74 Å². The number of likely N-dealkylation sites (tertiary alicyclic amines) is 1. The number of hydrogen-bond donors (Lipinski definition) is 1. The van der Waals surface area contributed by atoms with E-state index in [-0.39, 0.29) is 18.4 Å². The number of aliphatic hydroxyl groups is 1. The van der Waals surface area contributed by atoms with E-state index in [0.717, 1.165) is 0 Å². The van der Waals surface area contributed by atoms with Crippen LogP contribution in [0.2, 0.25) is 0 Å². The third-order valence-electron chi connectivity index (χ3n) is 3.38. The van der Waals surface area contributed by atoms with Crippen LogP contribution in [0.25, 0.3) is 0 Å². The first-order valence-corrected chi connectivity index (χ1v) is 6.84. The van der Waals surface area contributed by atoms with Crippen LogP contribution in [0.4, 0.5) is 10.5 Å². The number of aliphatic hydroxyl groups excluding tert-OH is 1. The number of benzene rings is 1.